The maximum Gasteiger partial charge on any atom is 0.322 e. The standard InChI is InChI=1S/C23H23FN4O2/c1-3-4-14-28-15(2)19(20(25-23(28)29)16-8-6-5-7-9-16)22-26-21(27-30-22)17-10-12-18(24)13-11-17/h5-13,20H,3-4,14H2,1-2H3,(H,25,29). The lowest BCUT2D eigenvalue weighted by molar-refractivity contribution is 0.204. The molecule has 1 atom stereocenters. The molecule has 7 heteroatoms. The zero-order valence-corrected chi connectivity index (χ0v) is 16.9. The third-order valence-electron chi connectivity index (χ3n) is 5.22. The van der Waals surface area contributed by atoms with E-state index in [2.05, 4.69) is 22.4 Å². The van der Waals surface area contributed by atoms with Gasteiger partial charge in [0.1, 0.15) is 5.82 Å². The molecule has 1 N–H and O–H groups in total. The Hall–Kier alpha value is -3.48. The molecule has 0 aliphatic carbocycles. The van der Waals surface area contributed by atoms with Gasteiger partial charge in [-0.05, 0) is 43.2 Å². The number of hydrogen-bond donors (Lipinski definition) is 1. The van der Waals surface area contributed by atoms with Gasteiger partial charge in [0.2, 0.25) is 5.82 Å². The summed E-state index contributed by atoms with van der Waals surface area (Å²) < 4.78 is 18.9. The number of carbonyl (C=O) groups excluding carboxylic acids is 1. The minimum atomic E-state index is -0.405. The van der Waals surface area contributed by atoms with Crippen molar-refractivity contribution in [3.8, 4) is 11.4 Å². The number of nitrogens with zero attached hydrogens (tertiary/aromatic N) is 3. The van der Waals surface area contributed by atoms with Gasteiger partial charge >= 0.3 is 6.03 Å². The first-order valence-electron chi connectivity index (χ1n) is 10.0. The van der Waals surface area contributed by atoms with Crippen LogP contribution in [-0.4, -0.2) is 27.6 Å². The van der Waals surface area contributed by atoms with Crippen LogP contribution in [-0.2, 0) is 0 Å². The first-order valence-corrected chi connectivity index (χ1v) is 10.0. The molecule has 2 amide bonds. The quantitative estimate of drug-likeness (QED) is 0.613. The Morgan fingerprint density at radius 3 is 2.57 bits per heavy atom. The highest BCUT2D eigenvalue weighted by atomic mass is 19.1. The lowest BCUT2D eigenvalue weighted by Crippen LogP contribution is -2.46. The van der Waals surface area contributed by atoms with Crippen LogP contribution in [0.15, 0.2) is 64.8 Å². The molecule has 1 aromatic heterocycles. The van der Waals surface area contributed by atoms with Crippen molar-refractivity contribution in [2.45, 2.75) is 32.7 Å². The summed E-state index contributed by atoms with van der Waals surface area (Å²) in [5.74, 6) is 0.378. The minimum absolute atomic E-state index is 0.142. The van der Waals surface area contributed by atoms with Gasteiger partial charge in [-0.1, -0.05) is 48.8 Å². The van der Waals surface area contributed by atoms with Gasteiger partial charge in [0, 0.05) is 17.8 Å². The summed E-state index contributed by atoms with van der Waals surface area (Å²) in [5.41, 5.74) is 3.13. The second kappa shape index (κ2) is 8.49. The van der Waals surface area contributed by atoms with E-state index in [4.69, 9.17) is 4.52 Å². The molecule has 0 fully saturated rings. The van der Waals surface area contributed by atoms with E-state index in [1.807, 2.05) is 37.3 Å². The highest BCUT2D eigenvalue weighted by molar-refractivity contribution is 5.86. The summed E-state index contributed by atoms with van der Waals surface area (Å²) >= 11 is 0. The summed E-state index contributed by atoms with van der Waals surface area (Å²) in [4.78, 5) is 19.1. The van der Waals surface area contributed by atoms with Crippen LogP contribution in [0, 0.1) is 5.82 Å². The topological polar surface area (TPSA) is 71.3 Å². The van der Waals surface area contributed by atoms with E-state index >= 15 is 0 Å². The molecule has 0 spiro atoms. The molecular formula is C23H23FN4O2. The molecular weight excluding hydrogens is 383 g/mol. The molecule has 0 bridgehead atoms. The SMILES string of the molecule is CCCCN1C(=O)NC(c2ccccc2)C(c2nc(-c3ccc(F)cc3)no2)=C1C. The highest BCUT2D eigenvalue weighted by Gasteiger charge is 2.35. The van der Waals surface area contributed by atoms with Gasteiger partial charge in [0.25, 0.3) is 5.89 Å². The van der Waals surface area contributed by atoms with Gasteiger partial charge < -0.3 is 9.84 Å². The third-order valence-corrected chi connectivity index (χ3v) is 5.22. The molecule has 0 saturated carbocycles. The molecule has 4 rings (SSSR count). The Morgan fingerprint density at radius 2 is 1.87 bits per heavy atom. The van der Waals surface area contributed by atoms with Gasteiger partial charge in [0.15, 0.2) is 0 Å². The number of allylic oxidation sites excluding steroid dienone is 1. The molecule has 2 aromatic carbocycles. The number of amides is 2. The Kier molecular flexibility index (Phi) is 5.61. The molecule has 1 aliphatic rings. The van der Waals surface area contributed by atoms with E-state index in [0.29, 0.717) is 23.8 Å². The number of rotatable bonds is 6. The number of nitrogens with one attached hydrogen (secondary N) is 1. The van der Waals surface area contributed by atoms with Gasteiger partial charge in [-0.15, -0.1) is 0 Å². The van der Waals surface area contributed by atoms with Crippen molar-refractivity contribution in [1.82, 2.24) is 20.4 Å². The monoisotopic (exact) mass is 406 g/mol. The van der Waals surface area contributed by atoms with E-state index in [9.17, 15) is 9.18 Å². The minimum Gasteiger partial charge on any atom is -0.334 e. The molecule has 1 unspecified atom stereocenters. The van der Waals surface area contributed by atoms with Crippen molar-refractivity contribution < 1.29 is 13.7 Å². The Labute approximate surface area is 174 Å². The Balaban J connectivity index is 1.78. The molecule has 1 aliphatic heterocycles. The van der Waals surface area contributed by atoms with Crippen molar-refractivity contribution >= 4 is 11.6 Å². The number of urea groups is 1. The largest absolute Gasteiger partial charge is 0.334 e. The Morgan fingerprint density at radius 1 is 1.13 bits per heavy atom. The summed E-state index contributed by atoms with van der Waals surface area (Å²) in [6, 6.07) is 15.1. The fraction of sp³-hybridized carbons (Fsp3) is 0.261. The van der Waals surface area contributed by atoms with Gasteiger partial charge in [-0.2, -0.15) is 4.98 Å². The van der Waals surface area contributed by atoms with Crippen LogP contribution in [0.25, 0.3) is 17.0 Å². The van der Waals surface area contributed by atoms with Crippen LogP contribution in [0.4, 0.5) is 9.18 Å². The zero-order chi connectivity index (χ0) is 21.1. The summed E-state index contributed by atoms with van der Waals surface area (Å²) in [7, 11) is 0. The predicted molar refractivity (Wildman–Crippen MR) is 112 cm³/mol. The number of halogens is 1. The van der Waals surface area contributed by atoms with Crippen LogP contribution in [0.2, 0.25) is 0 Å². The van der Waals surface area contributed by atoms with Crippen LogP contribution < -0.4 is 5.32 Å². The first kappa shape index (κ1) is 19.8. The van der Waals surface area contributed by atoms with Gasteiger partial charge in [-0.3, -0.25) is 4.90 Å². The van der Waals surface area contributed by atoms with Crippen molar-refractivity contribution in [3.63, 3.8) is 0 Å². The summed E-state index contributed by atoms with van der Waals surface area (Å²) in [5, 5.41) is 7.17. The number of aromatic nitrogens is 2. The van der Waals surface area contributed by atoms with Crippen LogP contribution >= 0.6 is 0 Å². The average molecular weight is 406 g/mol. The summed E-state index contributed by atoms with van der Waals surface area (Å²) in [6.45, 7) is 4.60. The first-order chi connectivity index (χ1) is 14.6. The van der Waals surface area contributed by atoms with E-state index in [-0.39, 0.29) is 11.8 Å². The molecule has 30 heavy (non-hydrogen) atoms. The normalized spacial score (nSPS) is 16.7. The maximum absolute atomic E-state index is 13.3. The third kappa shape index (κ3) is 3.83. The van der Waals surface area contributed by atoms with Gasteiger partial charge in [0.05, 0.1) is 11.6 Å². The van der Waals surface area contributed by atoms with E-state index in [1.54, 1.807) is 17.0 Å². The van der Waals surface area contributed by atoms with Crippen molar-refractivity contribution in [2.24, 2.45) is 0 Å². The smallest absolute Gasteiger partial charge is 0.322 e. The van der Waals surface area contributed by atoms with Crippen molar-refractivity contribution in [1.29, 1.82) is 0 Å². The van der Waals surface area contributed by atoms with Crippen LogP contribution in [0.1, 0.15) is 44.2 Å². The summed E-state index contributed by atoms with van der Waals surface area (Å²) in [6.07, 6.45) is 1.86. The number of carbonyl (C=O) groups is 1. The van der Waals surface area contributed by atoms with E-state index < -0.39 is 6.04 Å². The zero-order valence-electron chi connectivity index (χ0n) is 16.9. The molecule has 2 heterocycles. The van der Waals surface area contributed by atoms with E-state index in [1.165, 1.54) is 12.1 Å². The molecule has 3 aromatic rings. The van der Waals surface area contributed by atoms with Gasteiger partial charge in [-0.25, -0.2) is 9.18 Å². The fourth-order valence-corrected chi connectivity index (χ4v) is 3.59. The van der Waals surface area contributed by atoms with Crippen molar-refractivity contribution in [3.05, 3.63) is 77.6 Å². The maximum atomic E-state index is 13.3. The molecule has 6 nitrogen and oxygen atoms in total. The van der Waals surface area contributed by atoms with Crippen molar-refractivity contribution in [2.75, 3.05) is 6.54 Å². The second-order valence-electron chi connectivity index (χ2n) is 7.23. The molecule has 0 saturated heterocycles. The number of benzene rings is 2. The van der Waals surface area contributed by atoms with Crippen LogP contribution in [0.3, 0.4) is 0 Å². The lowest BCUT2D eigenvalue weighted by Gasteiger charge is -2.35. The average Bonchev–Trinajstić information content (AvgIpc) is 3.24. The highest BCUT2D eigenvalue weighted by Crippen LogP contribution is 2.37. The molecule has 0 radical (unpaired) electrons. The molecule has 154 valence electrons. The second-order valence-corrected chi connectivity index (χ2v) is 7.23. The lowest BCUT2D eigenvalue weighted by atomic mass is 9.94. The number of unbranched alkanes of at least 4 members (excludes halogenated alkanes) is 1. The Bertz CT molecular complexity index is 1060. The van der Waals surface area contributed by atoms with Crippen LogP contribution in [0.5, 0.6) is 0 Å². The van der Waals surface area contributed by atoms with E-state index in [0.717, 1.165) is 29.7 Å². The number of hydrogen-bond acceptors (Lipinski definition) is 4. The predicted octanol–water partition coefficient (Wildman–Crippen LogP) is 5.17. The fourth-order valence-electron chi connectivity index (χ4n) is 3.59.